The summed E-state index contributed by atoms with van der Waals surface area (Å²) in [7, 11) is 0. The molecule has 7 aromatic carbocycles. The molecule has 3 aromatic heterocycles. The van der Waals surface area contributed by atoms with Gasteiger partial charge in [0.15, 0.2) is 11.0 Å². The van der Waals surface area contributed by atoms with Crippen LogP contribution in [0.15, 0.2) is 176 Å². The highest BCUT2D eigenvalue weighted by Gasteiger charge is 2.33. The number of nitrogens with zero attached hydrogens (tertiary/aromatic N) is 4. The van der Waals surface area contributed by atoms with E-state index in [0.717, 1.165) is 39.3 Å². The van der Waals surface area contributed by atoms with Crippen molar-refractivity contribution in [2.45, 2.75) is 52.2 Å². The van der Waals surface area contributed by atoms with Gasteiger partial charge in [-0.15, -0.1) is 0 Å². The van der Waals surface area contributed by atoms with E-state index in [1.54, 1.807) is 47.2 Å². The van der Waals surface area contributed by atoms with E-state index in [2.05, 4.69) is 37.5 Å². The highest BCUT2D eigenvalue weighted by atomic mass is 16.5. The first-order valence-electron chi connectivity index (χ1n) is 28.3. The number of para-hydroxylation sites is 3. The van der Waals surface area contributed by atoms with E-state index < -0.39 is 96.7 Å². The normalized spacial score (nSPS) is 17.1. The third kappa shape index (κ3) is 5.98. The number of hydrogen-bond donors (Lipinski definition) is 0. The summed E-state index contributed by atoms with van der Waals surface area (Å²) in [6, 6.07) is 27.6. The summed E-state index contributed by atoms with van der Waals surface area (Å²) in [5.74, 6) is 1.54. The maximum atomic E-state index is 9.51. The maximum absolute atomic E-state index is 9.51. The number of fused-ring (bicyclic) bond motifs is 10. The first-order valence-corrected chi connectivity index (χ1v) is 19.8. The van der Waals surface area contributed by atoms with Gasteiger partial charge in [-0.1, -0.05) is 138 Å². The molecule has 0 aliphatic carbocycles. The third-order valence-corrected chi connectivity index (χ3v) is 11.4. The molecule has 1 aliphatic rings. The average Bonchev–Trinajstić information content (AvgIpc) is 4.12. The quantitative estimate of drug-likeness (QED) is 0.166. The number of hydrogen-bond acceptors (Lipinski definition) is 2. The molecule has 0 fully saturated rings. The first kappa shape index (κ1) is 22.9. The van der Waals surface area contributed by atoms with Gasteiger partial charge in [-0.2, -0.15) is 9.13 Å². The first-order chi connectivity index (χ1) is 36.6. The van der Waals surface area contributed by atoms with Crippen molar-refractivity contribution in [2.24, 2.45) is 0 Å². The fourth-order valence-corrected chi connectivity index (χ4v) is 8.60. The average molecular weight is 809 g/mol. The summed E-state index contributed by atoms with van der Waals surface area (Å²) < 4.78 is 165. The van der Waals surface area contributed by atoms with Crippen LogP contribution in [-0.4, -0.2) is 14.1 Å². The van der Waals surface area contributed by atoms with Crippen LogP contribution in [-0.2, 0) is 10.8 Å². The lowest BCUT2D eigenvalue weighted by molar-refractivity contribution is -0.567. The smallest absolute Gasteiger partial charge is 0.255 e. The molecule has 61 heavy (non-hydrogen) atoms. The second-order valence-corrected chi connectivity index (χ2v) is 16.3. The van der Waals surface area contributed by atoms with Crippen molar-refractivity contribution in [3.63, 3.8) is 0 Å². The second-order valence-electron chi connectivity index (χ2n) is 16.3. The lowest BCUT2D eigenvalue weighted by atomic mass is 9.82. The third-order valence-electron chi connectivity index (χ3n) is 11.4. The van der Waals surface area contributed by atoms with Crippen LogP contribution in [0, 0.1) is 0 Å². The summed E-state index contributed by atoms with van der Waals surface area (Å²) >= 11 is 0. The largest absolute Gasteiger partial charge is 0.457 e. The van der Waals surface area contributed by atoms with E-state index in [4.69, 9.17) is 27.5 Å². The Balaban J connectivity index is 1.21. The molecule has 0 saturated heterocycles. The van der Waals surface area contributed by atoms with Crippen LogP contribution in [0.2, 0.25) is 0 Å². The molecule has 11 rings (SSSR count). The number of pyridine rings is 1. The minimum atomic E-state index is -3.81. The van der Waals surface area contributed by atoms with Crippen molar-refractivity contribution in [2.75, 3.05) is 0 Å². The van der Waals surface area contributed by atoms with Crippen LogP contribution in [0.1, 0.15) is 75.8 Å². The Labute approximate surface area is 380 Å². The van der Waals surface area contributed by atoms with Crippen LogP contribution in [0.25, 0.3) is 83.4 Å². The van der Waals surface area contributed by atoms with Crippen LogP contribution in [0.5, 0.6) is 11.5 Å². The van der Waals surface area contributed by atoms with Gasteiger partial charge in [0.25, 0.3) is 6.33 Å². The highest BCUT2D eigenvalue weighted by molar-refractivity contribution is 6.09. The molecule has 0 spiro atoms. The Morgan fingerprint density at radius 3 is 2.02 bits per heavy atom. The molecule has 1 aliphatic heterocycles. The van der Waals surface area contributed by atoms with Gasteiger partial charge in [-0.3, -0.25) is 4.57 Å². The van der Waals surface area contributed by atoms with Gasteiger partial charge in [-0.25, -0.2) is 4.98 Å². The molecule has 0 saturated carbocycles. The zero-order chi connectivity index (χ0) is 56.1. The lowest BCUT2D eigenvalue weighted by Gasteiger charge is -2.23. The maximum Gasteiger partial charge on any atom is 0.255 e. The number of rotatable bonds is 4. The van der Waals surface area contributed by atoms with E-state index in [-0.39, 0.29) is 38.7 Å². The molecule has 5 heteroatoms. The van der Waals surface area contributed by atoms with Gasteiger partial charge >= 0.3 is 0 Å². The molecule has 0 atom stereocenters. The Morgan fingerprint density at radius 2 is 1.25 bits per heavy atom. The molecule has 0 unspecified atom stereocenters. The molecule has 0 amide bonds. The van der Waals surface area contributed by atoms with Crippen molar-refractivity contribution in [1.29, 1.82) is 0 Å². The Hall–Kier alpha value is -7.24. The standard InChI is InChI=1S/C56H47N4O/c1-55(2,3)36-30-31-57-52(32-36)60-49-26-12-11-22-44(49)45-29-28-39(34-51(45)60)61-38-17-13-16-37(33-38)58-35-59-53-46(23-14-25-48(53)56(4,5)6)42-20-9-7-18-40(42)41-19-8-10-21-43(41)47-24-15-27-50(58)54(47)59/h7-35H,1-6H3/q+1/i4D3,5D3,6D3,7D,8D,9D,10D,18D,19D,20D,21D. The van der Waals surface area contributed by atoms with Crippen LogP contribution >= 0.6 is 0 Å². The van der Waals surface area contributed by atoms with Crippen molar-refractivity contribution in [3.05, 3.63) is 187 Å². The SMILES string of the molecule is [2H]c1c([2H])c([2H])c2c(c1[2H])-c1cccc(C(C([2H])([2H])[2H])(C([2H])([2H])[2H])C([2H])([2H])[2H])c1-[n+]1cn(-c3cccc(Oc4ccc5c6ccccc6n(-c6cc(C(C)(C)C)ccn6)c5c4)c3)c3cccc(c31)-c1c([2H])c([2H])c([2H])c([2H])c1-2. The minimum absolute atomic E-state index is 0.0511. The Kier molecular flexibility index (Phi) is 5.13. The Bertz CT molecular complexity index is 4150. The summed E-state index contributed by atoms with van der Waals surface area (Å²) in [6.45, 7) is -5.00. The minimum Gasteiger partial charge on any atom is -0.457 e. The van der Waals surface area contributed by atoms with Crippen molar-refractivity contribution in [3.8, 4) is 62.1 Å². The van der Waals surface area contributed by atoms with Crippen LogP contribution < -0.4 is 9.30 Å². The number of ether oxygens (including phenoxy) is 1. The topological polar surface area (TPSA) is 35.9 Å². The summed E-state index contributed by atoms with van der Waals surface area (Å²) in [5.41, 5.74) is -2.85. The van der Waals surface area contributed by atoms with E-state index in [1.807, 2.05) is 42.5 Å². The Morgan fingerprint density at radius 1 is 0.590 bits per heavy atom. The van der Waals surface area contributed by atoms with Crippen LogP contribution in [0.4, 0.5) is 0 Å². The monoisotopic (exact) mass is 808 g/mol. The predicted molar refractivity (Wildman–Crippen MR) is 251 cm³/mol. The summed E-state index contributed by atoms with van der Waals surface area (Å²) in [6.07, 6.45) is 3.26. The molecule has 296 valence electrons. The number of aromatic nitrogens is 4. The second kappa shape index (κ2) is 13.7. The molecule has 0 radical (unpaired) electrons. The number of imidazole rings is 1. The lowest BCUT2D eigenvalue weighted by Crippen LogP contribution is -2.34. The fourth-order valence-electron chi connectivity index (χ4n) is 8.60. The van der Waals surface area contributed by atoms with Gasteiger partial charge in [0.2, 0.25) is 0 Å². The zero-order valence-electron chi connectivity index (χ0n) is 50.3. The van der Waals surface area contributed by atoms with Gasteiger partial charge in [0.05, 0.1) is 22.0 Å². The molecule has 4 heterocycles. The number of benzene rings is 7. The van der Waals surface area contributed by atoms with Crippen molar-refractivity contribution < 1.29 is 32.6 Å². The van der Waals surface area contributed by atoms with Gasteiger partial charge < -0.3 is 4.74 Å². The van der Waals surface area contributed by atoms with E-state index in [1.165, 1.54) is 29.1 Å². The van der Waals surface area contributed by atoms with Crippen molar-refractivity contribution >= 4 is 32.8 Å². The van der Waals surface area contributed by atoms with Crippen LogP contribution in [0.3, 0.4) is 0 Å². The molecule has 10 aromatic rings. The van der Waals surface area contributed by atoms with Gasteiger partial charge in [-0.05, 0) is 93.2 Å². The summed E-state index contributed by atoms with van der Waals surface area (Å²) in [5, 5.41) is 1.97. The molecule has 0 bridgehead atoms. The molecule has 0 N–H and O–H groups in total. The van der Waals surface area contributed by atoms with E-state index >= 15 is 0 Å². The van der Waals surface area contributed by atoms with Gasteiger partial charge in [0, 0.05) is 58.1 Å². The van der Waals surface area contributed by atoms with E-state index in [9.17, 15) is 5.48 Å². The molecular formula is C56H47N4O+. The zero-order valence-corrected chi connectivity index (χ0v) is 33.3. The highest BCUT2D eigenvalue weighted by Crippen LogP contribution is 2.45. The summed E-state index contributed by atoms with van der Waals surface area (Å²) in [4.78, 5) is 4.80. The van der Waals surface area contributed by atoms with E-state index in [0.29, 0.717) is 17.2 Å². The molecular weight excluding hydrogens is 745 g/mol. The fraction of sp³-hybridized carbons (Fsp3) is 0.143. The molecule has 5 nitrogen and oxygen atoms in total. The van der Waals surface area contributed by atoms with Crippen molar-refractivity contribution in [1.82, 2.24) is 14.1 Å². The van der Waals surface area contributed by atoms with Gasteiger partial charge in [0.1, 0.15) is 28.7 Å². The predicted octanol–water partition coefficient (Wildman–Crippen LogP) is 14.1.